The summed E-state index contributed by atoms with van der Waals surface area (Å²) in [5.41, 5.74) is 21.1. The smallest absolute Gasteiger partial charge is 0.215 e. The number of hydrogen-bond acceptors (Lipinski definition) is 22. The van der Waals surface area contributed by atoms with Gasteiger partial charge in [-0.1, -0.05) is 95.1 Å². The standard InChI is InChI=1S/C24H24N4O.C22H28N4O.C17H21N5O.C17H19N5O.4H2/c1-3-18-11-12-22(27-23(18)24(29)20-10-7-13-25-17(20)2)28-15-14-26-21(16-28)19-8-5-4-6-9-19;1-5-17-8-9-20(26-12-11-24-18(14-26)13-15(2)3)25-21(17)22(27)19-7-6-10-23-16(19)4;2*1-2-12-5-6-14(22-10-8-19-9-11-22)21-15(12)16(23)13-4-3-7-20-17(13)18;;;;/h3-13,21,26H,1,14-16H2,2H3;5-10,15,18,24H,1,11-14H2,2-4H3;3-7,19H,2,8-11H2,1H3,(H2,18,20);2-7,19H,1,8-11H2,(H2,18,20);4*1H/t;18-;;;;;;/m.0....../s1. The third-order valence-corrected chi connectivity index (χ3v) is 18.2. The molecule has 0 aliphatic carbocycles. The molecule has 13 rings (SSSR count). The van der Waals surface area contributed by atoms with E-state index in [9.17, 15) is 19.2 Å². The molecule has 0 radical (unpaired) electrons. The molecule has 22 nitrogen and oxygen atoms in total. The van der Waals surface area contributed by atoms with Crippen LogP contribution in [0.4, 0.5) is 34.9 Å². The van der Waals surface area contributed by atoms with Crippen molar-refractivity contribution in [1.82, 2.24) is 61.1 Å². The topological polar surface area (TPSA) is 285 Å². The van der Waals surface area contributed by atoms with Crippen LogP contribution in [-0.4, -0.2) is 161 Å². The number of carbonyl (C=O) groups excluding carboxylic acids is 4. The molecule has 4 aliphatic heterocycles. The Labute approximate surface area is 603 Å². The molecule has 22 heteroatoms. The number of nitrogens with two attached hydrogens (primary N) is 2. The van der Waals surface area contributed by atoms with E-state index in [4.69, 9.17) is 21.4 Å². The lowest BCUT2D eigenvalue weighted by Crippen LogP contribution is -2.51. The third kappa shape index (κ3) is 18.5. The van der Waals surface area contributed by atoms with Crippen LogP contribution in [0.1, 0.15) is 142 Å². The molecule has 1 aromatic carbocycles. The lowest BCUT2D eigenvalue weighted by atomic mass is 10.0. The van der Waals surface area contributed by atoms with Crippen molar-refractivity contribution < 1.29 is 24.9 Å². The van der Waals surface area contributed by atoms with Crippen molar-refractivity contribution in [1.29, 1.82) is 0 Å². The zero-order valence-electron chi connectivity index (χ0n) is 59.0. The maximum Gasteiger partial charge on any atom is 0.215 e. The Bertz CT molecular complexity index is 4440. The van der Waals surface area contributed by atoms with Crippen molar-refractivity contribution in [2.75, 3.05) is 123 Å². The van der Waals surface area contributed by atoms with Gasteiger partial charge in [-0.2, -0.15) is 0 Å². The number of hydrogen-bond donors (Lipinski definition) is 6. The number of nitrogens with one attached hydrogen (secondary N) is 4. The summed E-state index contributed by atoms with van der Waals surface area (Å²) in [6.45, 7) is 34.0. The Morgan fingerprint density at radius 1 is 0.471 bits per heavy atom. The molecular weight excluding hydrogens is 1280 g/mol. The van der Waals surface area contributed by atoms with Gasteiger partial charge in [-0.3, -0.25) is 29.1 Å². The maximum atomic E-state index is 13.2. The average molecular weight is 1380 g/mol. The van der Waals surface area contributed by atoms with Gasteiger partial charge < -0.3 is 52.3 Å². The summed E-state index contributed by atoms with van der Waals surface area (Å²) in [6, 6.07) is 40.6. The fourth-order valence-corrected chi connectivity index (χ4v) is 12.7. The van der Waals surface area contributed by atoms with E-state index in [2.05, 4.69) is 129 Å². The summed E-state index contributed by atoms with van der Waals surface area (Å²) < 4.78 is 0. The highest BCUT2D eigenvalue weighted by atomic mass is 16.1. The molecule has 0 bridgehead atoms. The van der Waals surface area contributed by atoms with Crippen molar-refractivity contribution in [2.45, 2.75) is 59.5 Å². The van der Waals surface area contributed by atoms with Gasteiger partial charge in [0.15, 0.2) is 0 Å². The van der Waals surface area contributed by atoms with Crippen LogP contribution in [0, 0.1) is 19.8 Å². The second-order valence-electron chi connectivity index (χ2n) is 25.5. The number of carbonyl (C=O) groups is 4. The molecule has 534 valence electrons. The minimum absolute atomic E-state index is 0. The average Bonchev–Trinajstić information content (AvgIpc) is 0.817. The predicted molar refractivity (Wildman–Crippen MR) is 417 cm³/mol. The number of nitrogen functional groups attached to an aromatic ring is 2. The van der Waals surface area contributed by atoms with Crippen molar-refractivity contribution in [3.8, 4) is 0 Å². The lowest BCUT2D eigenvalue weighted by molar-refractivity contribution is 0.102. The van der Waals surface area contributed by atoms with Crippen LogP contribution in [0.15, 0.2) is 172 Å². The van der Waals surface area contributed by atoms with Crippen LogP contribution < -0.4 is 52.3 Å². The molecule has 9 aromatic rings. The van der Waals surface area contributed by atoms with E-state index in [0.29, 0.717) is 73.9 Å². The van der Waals surface area contributed by atoms with Crippen LogP contribution in [0.25, 0.3) is 18.2 Å². The number of pyridine rings is 8. The number of aromatic nitrogens is 8. The molecule has 4 saturated heterocycles. The Hall–Kier alpha value is -11.0. The van der Waals surface area contributed by atoms with E-state index in [1.807, 2.05) is 75.4 Å². The number of aryl methyl sites for hydroxylation is 3. The van der Waals surface area contributed by atoms with Crippen LogP contribution in [0.3, 0.4) is 0 Å². The Morgan fingerprint density at radius 2 is 0.853 bits per heavy atom. The molecule has 12 heterocycles. The maximum absolute atomic E-state index is 13.2. The van der Waals surface area contributed by atoms with Crippen LogP contribution in [0.5, 0.6) is 0 Å². The Morgan fingerprint density at radius 3 is 1.28 bits per heavy atom. The van der Waals surface area contributed by atoms with Crippen LogP contribution >= 0.6 is 0 Å². The number of piperazine rings is 4. The Kier molecular flexibility index (Phi) is 25.9. The predicted octanol–water partition coefficient (Wildman–Crippen LogP) is 10.9. The van der Waals surface area contributed by atoms with Crippen LogP contribution in [0.2, 0.25) is 0 Å². The highest BCUT2D eigenvalue weighted by Crippen LogP contribution is 2.28. The fraction of sp³-hybridized carbons (Fsp3) is 0.300. The number of anilines is 6. The zero-order valence-corrected chi connectivity index (χ0v) is 59.0. The highest BCUT2D eigenvalue weighted by Gasteiger charge is 2.28. The summed E-state index contributed by atoms with van der Waals surface area (Å²) in [5.74, 6) is 3.77. The molecule has 1 unspecified atom stereocenters. The fourth-order valence-electron chi connectivity index (χ4n) is 12.7. The second kappa shape index (κ2) is 35.8. The SMILES string of the molecule is C=Cc1ccc(N2CCNC(c3ccccc3)C2)nc1C(=O)c1cccnc1C.C=Cc1ccc(N2CCNCC2)nc1C(=O)c1cccnc1N.C=Cc1ccc(N2CCN[C@@H](CC(C)C)C2)nc1C(=O)c1cccnc1C.CCc1ccc(N2CCNCC2)nc1C(=O)c1cccnc1N.[HH].[HH].[HH].[HH]. The van der Waals surface area contributed by atoms with E-state index >= 15 is 0 Å². The molecule has 2 atom stereocenters. The van der Waals surface area contributed by atoms with Gasteiger partial charge in [0, 0.05) is 173 Å². The number of nitrogens with zero attached hydrogens (tertiary/aromatic N) is 12. The largest absolute Gasteiger partial charge is 0.383 e. The molecule has 8 aromatic heterocycles. The summed E-state index contributed by atoms with van der Waals surface area (Å²) in [6.07, 6.45) is 13.4. The van der Waals surface area contributed by atoms with Crippen molar-refractivity contribution >= 4 is 76.3 Å². The van der Waals surface area contributed by atoms with E-state index in [-0.39, 0.29) is 46.5 Å². The van der Waals surface area contributed by atoms with Gasteiger partial charge in [-0.15, -0.1) is 0 Å². The minimum Gasteiger partial charge on any atom is -0.383 e. The summed E-state index contributed by atoms with van der Waals surface area (Å²) in [4.78, 5) is 96.0. The number of rotatable bonds is 19. The Balaban J connectivity index is 0.000000220. The molecule has 0 amide bonds. The highest BCUT2D eigenvalue weighted by molar-refractivity contribution is 6.13. The second-order valence-corrected chi connectivity index (χ2v) is 25.5. The molecule has 0 saturated carbocycles. The van der Waals surface area contributed by atoms with Gasteiger partial charge in [0.2, 0.25) is 23.1 Å². The van der Waals surface area contributed by atoms with Gasteiger partial charge >= 0.3 is 0 Å². The molecule has 0 spiro atoms. The molecule has 102 heavy (non-hydrogen) atoms. The minimum atomic E-state index is -0.234. The first-order chi connectivity index (χ1) is 49.6. The van der Waals surface area contributed by atoms with E-state index in [1.165, 1.54) is 5.56 Å². The van der Waals surface area contributed by atoms with Gasteiger partial charge in [-0.25, -0.2) is 29.9 Å². The lowest BCUT2D eigenvalue weighted by Gasteiger charge is -2.35. The zero-order chi connectivity index (χ0) is 72.1. The summed E-state index contributed by atoms with van der Waals surface area (Å²) >= 11 is 0. The first-order valence-electron chi connectivity index (χ1n) is 34.8. The van der Waals surface area contributed by atoms with Crippen molar-refractivity contribution in [3.05, 3.63) is 256 Å². The quantitative estimate of drug-likeness (QED) is 0.0410. The number of ketones is 4. The van der Waals surface area contributed by atoms with Crippen molar-refractivity contribution in [3.63, 3.8) is 0 Å². The normalized spacial score (nSPS) is 15.8. The first-order valence-corrected chi connectivity index (χ1v) is 34.8. The van der Waals surface area contributed by atoms with Gasteiger partial charge in [0.05, 0.1) is 11.1 Å². The van der Waals surface area contributed by atoms with Gasteiger partial charge in [0.25, 0.3) is 0 Å². The number of benzene rings is 1. The summed E-state index contributed by atoms with van der Waals surface area (Å²) in [7, 11) is 0. The molecule has 4 fully saturated rings. The van der Waals surface area contributed by atoms with E-state index < -0.39 is 0 Å². The summed E-state index contributed by atoms with van der Waals surface area (Å²) in [5, 5.41) is 13.8. The molecule has 4 aliphatic rings. The van der Waals surface area contributed by atoms with Crippen molar-refractivity contribution in [2.24, 2.45) is 5.92 Å². The monoisotopic (exact) mass is 1380 g/mol. The van der Waals surface area contributed by atoms with Gasteiger partial charge in [-0.05, 0) is 135 Å². The van der Waals surface area contributed by atoms with E-state index in [1.54, 1.807) is 91.5 Å². The van der Waals surface area contributed by atoms with Gasteiger partial charge in [0.1, 0.15) is 57.7 Å². The molecular formula is C80H100N18O4. The first kappa shape index (κ1) is 73.7. The third-order valence-electron chi connectivity index (χ3n) is 18.2. The van der Waals surface area contributed by atoms with E-state index in [0.717, 1.165) is 144 Å². The molecule has 8 N–H and O–H groups in total. The van der Waals surface area contributed by atoms with Crippen LogP contribution in [-0.2, 0) is 6.42 Å².